The highest BCUT2D eigenvalue weighted by Crippen LogP contribution is 2.31. The average Bonchev–Trinajstić information content (AvgIpc) is 3.06. The molecule has 0 unspecified atom stereocenters. The first-order chi connectivity index (χ1) is 10.6. The monoisotopic (exact) mass is 301 g/mol. The number of halogens is 1. The number of hydrogen-bond acceptors (Lipinski definition) is 2. The summed E-state index contributed by atoms with van der Waals surface area (Å²) in [5.74, 6) is 0.746. The second-order valence-corrected chi connectivity index (χ2v) is 5.77. The fourth-order valence-electron chi connectivity index (χ4n) is 3.04. The number of hydrogen-bond donors (Lipinski definition) is 1. The lowest BCUT2D eigenvalue weighted by Gasteiger charge is -2.14. The van der Waals surface area contributed by atoms with E-state index in [1.807, 2.05) is 23.8 Å². The van der Waals surface area contributed by atoms with Gasteiger partial charge in [-0.25, -0.2) is 9.37 Å². The van der Waals surface area contributed by atoms with Crippen molar-refractivity contribution in [1.82, 2.24) is 14.9 Å². The summed E-state index contributed by atoms with van der Waals surface area (Å²) in [7, 11) is 0. The van der Waals surface area contributed by atoms with Crippen LogP contribution in [-0.2, 0) is 17.8 Å². The Morgan fingerprint density at radius 2 is 2.36 bits per heavy atom. The van der Waals surface area contributed by atoms with Gasteiger partial charge in [0.25, 0.3) is 0 Å². The lowest BCUT2D eigenvalue weighted by molar-refractivity contribution is -0.122. The van der Waals surface area contributed by atoms with E-state index < -0.39 is 0 Å². The van der Waals surface area contributed by atoms with E-state index >= 15 is 0 Å². The summed E-state index contributed by atoms with van der Waals surface area (Å²) in [6.45, 7) is 2.74. The summed E-state index contributed by atoms with van der Waals surface area (Å²) in [4.78, 5) is 16.2. The number of fused-ring (bicyclic) bond motifs is 1. The van der Waals surface area contributed by atoms with Gasteiger partial charge in [-0.2, -0.15) is 0 Å². The lowest BCUT2D eigenvalue weighted by atomic mass is 10.1. The van der Waals surface area contributed by atoms with E-state index in [0.29, 0.717) is 6.42 Å². The fraction of sp³-hybridized carbons (Fsp3) is 0.412. The van der Waals surface area contributed by atoms with Crippen molar-refractivity contribution >= 4 is 5.91 Å². The number of rotatable bonds is 5. The van der Waals surface area contributed by atoms with Gasteiger partial charge in [0.1, 0.15) is 11.6 Å². The molecule has 1 aliphatic carbocycles. The normalized spacial score (nSPS) is 16.5. The van der Waals surface area contributed by atoms with Crippen molar-refractivity contribution < 1.29 is 9.18 Å². The molecule has 1 amide bonds. The van der Waals surface area contributed by atoms with Crippen LogP contribution in [0, 0.1) is 12.7 Å². The largest absolute Gasteiger partial charge is 0.349 e. The van der Waals surface area contributed by atoms with Crippen molar-refractivity contribution in [3.8, 4) is 0 Å². The van der Waals surface area contributed by atoms with Crippen molar-refractivity contribution in [2.75, 3.05) is 0 Å². The van der Waals surface area contributed by atoms with Crippen LogP contribution >= 0.6 is 0 Å². The molecule has 5 heteroatoms. The van der Waals surface area contributed by atoms with E-state index in [0.717, 1.165) is 42.8 Å². The number of amides is 1. The fourth-order valence-corrected chi connectivity index (χ4v) is 3.04. The summed E-state index contributed by atoms with van der Waals surface area (Å²) >= 11 is 0. The first-order valence-electron chi connectivity index (χ1n) is 7.69. The maximum atomic E-state index is 13.3. The zero-order valence-electron chi connectivity index (χ0n) is 12.7. The Kier molecular flexibility index (Phi) is 4.22. The van der Waals surface area contributed by atoms with Crippen LogP contribution in [0.3, 0.4) is 0 Å². The van der Waals surface area contributed by atoms with Crippen molar-refractivity contribution in [3.05, 3.63) is 53.4 Å². The minimum absolute atomic E-state index is 0.0277. The van der Waals surface area contributed by atoms with Crippen LogP contribution < -0.4 is 5.32 Å². The van der Waals surface area contributed by atoms with Gasteiger partial charge in [-0.05, 0) is 49.4 Å². The molecule has 3 rings (SSSR count). The van der Waals surface area contributed by atoms with E-state index in [-0.39, 0.29) is 17.8 Å². The highest BCUT2D eigenvalue weighted by molar-refractivity contribution is 5.76. The van der Waals surface area contributed by atoms with Crippen molar-refractivity contribution in [2.24, 2.45) is 0 Å². The molecule has 2 aromatic rings. The van der Waals surface area contributed by atoms with Gasteiger partial charge in [-0.15, -0.1) is 0 Å². The second-order valence-electron chi connectivity index (χ2n) is 5.77. The van der Waals surface area contributed by atoms with E-state index in [1.54, 1.807) is 12.3 Å². The highest BCUT2D eigenvalue weighted by Gasteiger charge is 2.24. The number of aryl methyl sites for hydroxylation is 3. The van der Waals surface area contributed by atoms with Crippen molar-refractivity contribution in [1.29, 1.82) is 0 Å². The predicted octanol–water partition coefficient (Wildman–Crippen LogP) is 2.91. The molecule has 0 saturated heterocycles. The van der Waals surface area contributed by atoms with E-state index in [2.05, 4.69) is 10.3 Å². The quantitative estimate of drug-likeness (QED) is 0.923. The third kappa shape index (κ3) is 3.18. The molecule has 1 heterocycles. The zero-order valence-corrected chi connectivity index (χ0v) is 12.7. The van der Waals surface area contributed by atoms with Crippen LogP contribution in [0.4, 0.5) is 4.39 Å². The first-order valence-corrected chi connectivity index (χ1v) is 7.69. The van der Waals surface area contributed by atoms with E-state index in [9.17, 15) is 9.18 Å². The van der Waals surface area contributed by atoms with Crippen molar-refractivity contribution in [2.45, 2.75) is 45.2 Å². The molecule has 1 aromatic heterocycles. The summed E-state index contributed by atoms with van der Waals surface area (Å²) in [6, 6.07) is 4.80. The number of aromatic nitrogens is 2. The summed E-state index contributed by atoms with van der Waals surface area (Å²) < 4.78 is 15.4. The maximum Gasteiger partial charge on any atom is 0.220 e. The van der Waals surface area contributed by atoms with Gasteiger partial charge in [-0.1, -0.05) is 6.07 Å². The minimum Gasteiger partial charge on any atom is -0.349 e. The van der Waals surface area contributed by atoms with Crippen LogP contribution in [0.5, 0.6) is 0 Å². The van der Waals surface area contributed by atoms with Crippen LogP contribution in [0.2, 0.25) is 0 Å². The Morgan fingerprint density at radius 3 is 3.14 bits per heavy atom. The average molecular weight is 301 g/mol. The summed E-state index contributed by atoms with van der Waals surface area (Å²) in [6.07, 6.45) is 6.67. The molecule has 0 bridgehead atoms. The van der Waals surface area contributed by atoms with Crippen LogP contribution in [0.1, 0.15) is 42.3 Å². The van der Waals surface area contributed by atoms with Gasteiger partial charge in [0.05, 0.1) is 6.04 Å². The molecule has 1 aliphatic rings. The smallest absolute Gasteiger partial charge is 0.220 e. The number of imidazole rings is 1. The van der Waals surface area contributed by atoms with Crippen LogP contribution in [0.15, 0.2) is 30.6 Å². The number of nitrogens with zero attached hydrogens (tertiary/aromatic N) is 2. The standard InChI is InChI=1S/C17H20FN3O/c1-12-19-8-10-21(12)9-2-3-17(22)20-16-7-5-13-4-6-14(18)11-15(13)16/h4,6,8,10-11,16H,2-3,5,7,9H2,1H3,(H,20,22)/t16-/m0/s1. The van der Waals surface area contributed by atoms with Gasteiger partial charge in [0.2, 0.25) is 5.91 Å². The molecule has 1 aromatic carbocycles. The molecule has 0 saturated carbocycles. The second kappa shape index (κ2) is 6.30. The Labute approximate surface area is 129 Å². The van der Waals surface area contributed by atoms with E-state index in [1.165, 1.54) is 6.07 Å². The van der Waals surface area contributed by atoms with Gasteiger partial charge in [0, 0.05) is 25.4 Å². The molecule has 0 radical (unpaired) electrons. The van der Waals surface area contributed by atoms with E-state index in [4.69, 9.17) is 0 Å². The summed E-state index contributed by atoms with van der Waals surface area (Å²) in [5.41, 5.74) is 2.07. The Balaban J connectivity index is 1.51. The molecule has 0 fully saturated rings. The number of carbonyl (C=O) groups is 1. The third-order valence-corrected chi connectivity index (χ3v) is 4.25. The summed E-state index contributed by atoms with van der Waals surface area (Å²) in [5, 5.41) is 3.03. The number of carbonyl (C=O) groups excluding carboxylic acids is 1. The first kappa shape index (κ1) is 14.8. The maximum absolute atomic E-state index is 13.3. The minimum atomic E-state index is -0.240. The van der Waals surface area contributed by atoms with Crippen LogP contribution in [-0.4, -0.2) is 15.5 Å². The molecule has 1 atom stereocenters. The van der Waals surface area contributed by atoms with Gasteiger partial charge >= 0.3 is 0 Å². The van der Waals surface area contributed by atoms with Gasteiger partial charge in [-0.3, -0.25) is 4.79 Å². The Bertz CT molecular complexity index is 680. The molecule has 0 aliphatic heterocycles. The molecule has 22 heavy (non-hydrogen) atoms. The number of benzene rings is 1. The zero-order chi connectivity index (χ0) is 15.5. The Morgan fingerprint density at radius 1 is 1.50 bits per heavy atom. The van der Waals surface area contributed by atoms with Gasteiger partial charge < -0.3 is 9.88 Å². The predicted molar refractivity (Wildman–Crippen MR) is 81.8 cm³/mol. The molecule has 4 nitrogen and oxygen atoms in total. The third-order valence-electron chi connectivity index (χ3n) is 4.25. The highest BCUT2D eigenvalue weighted by atomic mass is 19.1. The lowest BCUT2D eigenvalue weighted by Crippen LogP contribution is -2.27. The van der Waals surface area contributed by atoms with Crippen LogP contribution in [0.25, 0.3) is 0 Å². The Hall–Kier alpha value is -2.17. The number of nitrogens with one attached hydrogen (secondary N) is 1. The molecule has 0 spiro atoms. The van der Waals surface area contributed by atoms with Crippen molar-refractivity contribution in [3.63, 3.8) is 0 Å². The molecule has 116 valence electrons. The SMILES string of the molecule is Cc1nccn1CCCC(=O)N[C@H]1CCc2ccc(F)cc21. The molecular formula is C17H20FN3O. The molecule has 1 N–H and O–H groups in total. The van der Waals surface area contributed by atoms with Gasteiger partial charge in [0.15, 0.2) is 0 Å². The topological polar surface area (TPSA) is 46.9 Å². The molecular weight excluding hydrogens is 281 g/mol.